The Labute approximate surface area is 476 Å². The second-order valence-electron chi connectivity index (χ2n) is 20.5. The molecule has 0 spiro atoms. The lowest BCUT2D eigenvalue weighted by Gasteiger charge is -2.12. The molecule has 0 saturated carbocycles. The molecule has 0 fully saturated rings. The van der Waals surface area contributed by atoms with Crippen molar-refractivity contribution in [1.29, 1.82) is 0 Å². The molecule has 0 saturated heterocycles. The molecule has 0 aliphatic heterocycles. The van der Waals surface area contributed by atoms with Gasteiger partial charge in [0.05, 0.1) is 22.1 Å². The minimum atomic E-state index is 0.561. The quantitative estimate of drug-likeness (QED) is 0.133. The Morgan fingerprint density at radius 1 is 0.241 bits per heavy atom. The lowest BCUT2D eigenvalue weighted by atomic mass is 10.0. The van der Waals surface area contributed by atoms with Gasteiger partial charge >= 0.3 is 0 Å². The summed E-state index contributed by atoms with van der Waals surface area (Å²) in [6.07, 6.45) is 0. The van der Waals surface area contributed by atoms with Crippen LogP contribution < -0.4 is 0 Å². The lowest BCUT2D eigenvalue weighted by Crippen LogP contribution is -2.01. The number of hydrogen-bond acceptors (Lipinski definition) is 8. The molecule has 0 bridgehead atoms. The second-order valence-corrected chi connectivity index (χ2v) is 20.5. The van der Waals surface area contributed by atoms with Gasteiger partial charge in [-0.15, -0.1) is 0 Å². The van der Waals surface area contributed by atoms with E-state index in [0.717, 1.165) is 111 Å². The molecule has 388 valence electrons. The van der Waals surface area contributed by atoms with Crippen LogP contribution in [-0.2, 0) is 0 Å². The molecule has 83 heavy (non-hydrogen) atoms. The highest BCUT2D eigenvalue weighted by Gasteiger charge is 2.23. The molecule has 16 rings (SSSR count). The van der Waals surface area contributed by atoms with Gasteiger partial charge in [0.15, 0.2) is 40.5 Å². The Morgan fingerprint density at radius 2 is 0.627 bits per heavy atom. The maximum Gasteiger partial charge on any atom is 0.227 e. The summed E-state index contributed by atoms with van der Waals surface area (Å²) in [6.45, 7) is 0. The average molecular weight is 1060 g/mol. The summed E-state index contributed by atoms with van der Waals surface area (Å²) in [6, 6.07) is 93.8. The molecular formula is C73H45N9O. The minimum Gasteiger partial charge on any atom is -0.434 e. The van der Waals surface area contributed by atoms with Gasteiger partial charge < -0.3 is 13.6 Å². The number of hydrogen-bond donors (Lipinski definition) is 0. The maximum atomic E-state index is 6.85. The number of nitrogens with zero attached hydrogens (tertiary/aromatic N) is 9. The van der Waals surface area contributed by atoms with Gasteiger partial charge in [0.1, 0.15) is 5.52 Å². The van der Waals surface area contributed by atoms with Crippen molar-refractivity contribution >= 4 is 54.7 Å². The highest BCUT2D eigenvalue weighted by molar-refractivity contribution is 6.18. The van der Waals surface area contributed by atoms with Crippen molar-refractivity contribution in [3.63, 3.8) is 0 Å². The van der Waals surface area contributed by atoms with Gasteiger partial charge in [-0.05, 0) is 90.0 Å². The van der Waals surface area contributed by atoms with E-state index in [-0.39, 0.29) is 0 Å². The standard InChI is InChI=1S/C73H45N9O/c1-6-20-46(21-7-1)67-75-68(47-22-8-2-9-23-47)78-71(77-67)53-30-18-32-55(42-53)81-62-35-17-16-34-57(62)59-44-51(36-40-63(59)81)52-37-41-64-60(45-52)58-38-39-61-66(83-73(74-61)50-28-14-5-15-29-50)65(58)82(64)56-33-19-31-54(43-56)72-79-69(48-24-10-3-11-25-48)76-70(80-72)49-26-12-4-13-27-49/h1-45H. The molecule has 0 amide bonds. The summed E-state index contributed by atoms with van der Waals surface area (Å²) >= 11 is 0. The van der Waals surface area contributed by atoms with Crippen LogP contribution in [0.4, 0.5) is 0 Å². The molecule has 0 radical (unpaired) electrons. The molecule has 11 aromatic carbocycles. The monoisotopic (exact) mass is 1060 g/mol. The Kier molecular flexibility index (Phi) is 11.3. The van der Waals surface area contributed by atoms with E-state index in [1.54, 1.807) is 0 Å². The van der Waals surface area contributed by atoms with Crippen LogP contribution in [0.1, 0.15) is 0 Å². The first kappa shape index (κ1) is 47.5. The van der Waals surface area contributed by atoms with E-state index < -0.39 is 0 Å². The lowest BCUT2D eigenvalue weighted by molar-refractivity contribution is 0.622. The van der Waals surface area contributed by atoms with Gasteiger partial charge in [-0.25, -0.2) is 34.9 Å². The van der Waals surface area contributed by atoms with Crippen molar-refractivity contribution in [2.24, 2.45) is 0 Å². The van der Waals surface area contributed by atoms with E-state index in [2.05, 4.69) is 130 Å². The Morgan fingerprint density at radius 3 is 1.12 bits per heavy atom. The normalized spacial score (nSPS) is 11.6. The van der Waals surface area contributed by atoms with Crippen molar-refractivity contribution in [2.75, 3.05) is 0 Å². The highest BCUT2D eigenvalue weighted by Crippen LogP contribution is 2.42. The summed E-state index contributed by atoms with van der Waals surface area (Å²) in [7, 11) is 0. The Balaban J connectivity index is 0.837. The topological polar surface area (TPSA) is 113 Å². The Bertz CT molecular complexity index is 5020. The summed E-state index contributed by atoms with van der Waals surface area (Å²) in [5.41, 5.74) is 16.0. The Hall–Kier alpha value is -11.5. The van der Waals surface area contributed by atoms with Gasteiger partial charge in [-0.2, -0.15) is 0 Å². The van der Waals surface area contributed by atoms with Gasteiger partial charge in [0, 0.05) is 71.9 Å². The third kappa shape index (κ3) is 8.40. The summed E-state index contributed by atoms with van der Waals surface area (Å²) in [5, 5.41) is 4.40. The molecule has 0 unspecified atom stereocenters. The van der Waals surface area contributed by atoms with E-state index in [0.29, 0.717) is 46.4 Å². The summed E-state index contributed by atoms with van der Waals surface area (Å²) < 4.78 is 11.5. The van der Waals surface area contributed by atoms with E-state index in [1.165, 1.54) is 0 Å². The van der Waals surface area contributed by atoms with Gasteiger partial charge in [-0.3, -0.25) is 0 Å². The highest BCUT2D eigenvalue weighted by atomic mass is 16.3. The predicted molar refractivity (Wildman–Crippen MR) is 333 cm³/mol. The molecule has 16 aromatic rings. The molecule has 0 N–H and O–H groups in total. The van der Waals surface area contributed by atoms with Crippen molar-refractivity contribution < 1.29 is 4.42 Å². The average Bonchev–Trinajstić information content (AvgIpc) is 2.34. The molecule has 10 heteroatoms. The maximum absolute atomic E-state index is 6.85. The second kappa shape index (κ2) is 19.7. The van der Waals surface area contributed by atoms with Crippen molar-refractivity contribution in [3.05, 3.63) is 273 Å². The van der Waals surface area contributed by atoms with E-state index in [9.17, 15) is 0 Å². The van der Waals surface area contributed by atoms with Gasteiger partial charge in [0.25, 0.3) is 0 Å². The molecule has 0 aliphatic rings. The van der Waals surface area contributed by atoms with Crippen LogP contribution in [0.15, 0.2) is 277 Å². The van der Waals surface area contributed by atoms with Crippen molar-refractivity contribution in [3.8, 4) is 102 Å². The first-order valence-corrected chi connectivity index (χ1v) is 27.5. The molecule has 5 aromatic heterocycles. The van der Waals surface area contributed by atoms with Gasteiger partial charge in [-0.1, -0.05) is 194 Å². The smallest absolute Gasteiger partial charge is 0.227 e. The zero-order valence-electron chi connectivity index (χ0n) is 44.4. The first-order chi connectivity index (χ1) is 41.1. The molecule has 10 nitrogen and oxygen atoms in total. The predicted octanol–water partition coefficient (Wildman–Crippen LogP) is 17.7. The van der Waals surface area contributed by atoms with Crippen LogP contribution in [-0.4, -0.2) is 44.0 Å². The minimum absolute atomic E-state index is 0.561. The number of rotatable bonds is 10. The fourth-order valence-corrected chi connectivity index (χ4v) is 11.5. The van der Waals surface area contributed by atoms with E-state index >= 15 is 0 Å². The van der Waals surface area contributed by atoms with Crippen LogP contribution in [0.2, 0.25) is 0 Å². The molecule has 5 heterocycles. The fourth-order valence-electron chi connectivity index (χ4n) is 11.5. The number of para-hydroxylation sites is 1. The number of aromatic nitrogens is 9. The number of fused-ring (bicyclic) bond motifs is 8. The largest absolute Gasteiger partial charge is 0.434 e. The van der Waals surface area contributed by atoms with Crippen LogP contribution >= 0.6 is 0 Å². The third-order valence-electron chi connectivity index (χ3n) is 15.4. The van der Waals surface area contributed by atoms with E-state index in [1.807, 2.05) is 152 Å². The molecular weight excluding hydrogens is 1020 g/mol. The van der Waals surface area contributed by atoms with Crippen LogP contribution in [0.3, 0.4) is 0 Å². The first-order valence-electron chi connectivity index (χ1n) is 27.5. The van der Waals surface area contributed by atoms with Crippen molar-refractivity contribution in [1.82, 2.24) is 44.0 Å². The summed E-state index contributed by atoms with van der Waals surface area (Å²) in [4.78, 5) is 35.3. The van der Waals surface area contributed by atoms with Gasteiger partial charge in [0.2, 0.25) is 5.89 Å². The fraction of sp³-hybridized carbons (Fsp3) is 0. The molecule has 0 atom stereocenters. The number of benzene rings is 11. The zero-order valence-corrected chi connectivity index (χ0v) is 44.4. The number of oxazole rings is 1. The van der Waals surface area contributed by atoms with E-state index in [4.69, 9.17) is 39.3 Å². The van der Waals surface area contributed by atoms with Crippen LogP contribution in [0, 0.1) is 0 Å². The van der Waals surface area contributed by atoms with Crippen molar-refractivity contribution in [2.45, 2.75) is 0 Å². The zero-order chi connectivity index (χ0) is 54.8. The van der Waals surface area contributed by atoms with Crippen LogP contribution in [0.5, 0.6) is 0 Å². The van der Waals surface area contributed by atoms with Crippen LogP contribution in [0.25, 0.3) is 157 Å². The SMILES string of the molecule is c1ccc(-c2nc(-c3ccccc3)nc(-c3cccc(-n4c5ccccc5c5cc(-c6ccc7c(c6)c6ccc8nc(-c9ccccc9)oc8c6n7-c6cccc(-c7nc(-c8ccccc8)nc(-c8ccccc8)n7)c6)ccc54)c3)n2)cc1. The summed E-state index contributed by atoms with van der Waals surface area (Å²) in [5.74, 6) is 4.18. The molecule has 0 aliphatic carbocycles. The third-order valence-corrected chi connectivity index (χ3v) is 15.4.